The van der Waals surface area contributed by atoms with Gasteiger partial charge in [-0.1, -0.05) is 233 Å². The van der Waals surface area contributed by atoms with Crippen molar-refractivity contribution in [2.45, 2.75) is 290 Å². The van der Waals surface area contributed by atoms with Crippen LogP contribution in [0.1, 0.15) is 290 Å². The zero-order valence-corrected chi connectivity index (χ0v) is 44.5. The van der Waals surface area contributed by atoms with Gasteiger partial charge in [-0.25, -0.2) is 0 Å². The van der Waals surface area contributed by atoms with Crippen molar-refractivity contribution in [1.29, 1.82) is 0 Å². The summed E-state index contributed by atoms with van der Waals surface area (Å²) in [5, 5.41) is 0. The maximum absolute atomic E-state index is 12.8. The van der Waals surface area contributed by atoms with Crippen LogP contribution in [0.25, 0.3) is 0 Å². The number of nitrogens with zero attached hydrogens (tertiary/aromatic N) is 2. The van der Waals surface area contributed by atoms with E-state index in [9.17, 15) is 14.4 Å². The third kappa shape index (κ3) is 43.6. The fourth-order valence-electron chi connectivity index (χ4n) is 9.55. The molecule has 0 bridgehead atoms. The zero-order chi connectivity index (χ0) is 47.6. The second-order valence-electron chi connectivity index (χ2n) is 20.5. The molecular weight excluding hydrogens is 821 g/mol. The Kier molecular flexibility index (Phi) is 47.0. The number of esters is 3. The van der Waals surface area contributed by atoms with Gasteiger partial charge in [-0.15, -0.1) is 0 Å². The third-order valence-corrected chi connectivity index (χ3v) is 14.2. The van der Waals surface area contributed by atoms with Gasteiger partial charge in [-0.2, -0.15) is 0 Å². The maximum Gasteiger partial charge on any atom is 0.307 e. The van der Waals surface area contributed by atoms with Crippen LogP contribution in [0.2, 0.25) is 0 Å². The smallest absolute Gasteiger partial charge is 0.307 e. The van der Waals surface area contributed by atoms with E-state index in [2.05, 4.69) is 30.6 Å². The van der Waals surface area contributed by atoms with Crippen molar-refractivity contribution in [2.24, 2.45) is 5.92 Å². The molecule has 0 aromatic carbocycles. The Balaban J connectivity index is 2.30. The first kappa shape index (κ1) is 62.3. The molecule has 8 heteroatoms. The summed E-state index contributed by atoms with van der Waals surface area (Å²) in [5.74, 6) is 0.296. The lowest BCUT2D eigenvalue weighted by molar-refractivity contribution is -0.145. The number of carbonyl (C=O) groups excluding carboxylic acids is 3. The highest BCUT2D eigenvalue weighted by Gasteiger charge is 2.21. The Bertz CT molecular complexity index is 1000. The third-order valence-electron chi connectivity index (χ3n) is 14.2. The molecule has 1 saturated heterocycles. The molecular formula is C58H112N2O6. The van der Waals surface area contributed by atoms with E-state index in [0.717, 1.165) is 84.0 Å². The van der Waals surface area contributed by atoms with Crippen LogP contribution >= 0.6 is 0 Å². The summed E-state index contributed by atoms with van der Waals surface area (Å²) in [4.78, 5) is 42.7. The molecule has 0 unspecified atom stereocenters. The van der Waals surface area contributed by atoms with Crippen LogP contribution in [-0.4, -0.2) is 86.8 Å². The van der Waals surface area contributed by atoms with Gasteiger partial charge in [-0.3, -0.25) is 14.4 Å². The van der Waals surface area contributed by atoms with Crippen LogP contribution in [0.3, 0.4) is 0 Å². The molecule has 1 fully saturated rings. The average Bonchev–Trinajstić information content (AvgIpc) is 3.32. The second-order valence-corrected chi connectivity index (χ2v) is 20.5. The van der Waals surface area contributed by atoms with Crippen molar-refractivity contribution in [3.05, 3.63) is 0 Å². The summed E-state index contributed by atoms with van der Waals surface area (Å²) >= 11 is 0. The van der Waals surface area contributed by atoms with Crippen molar-refractivity contribution in [3.63, 3.8) is 0 Å². The van der Waals surface area contributed by atoms with Crippen LogP contribution < -0.4 is 0 Å². The molecule has 1 heterocycles. The molecule has 1 rings (SSSR count). The highest BCUT2D eigenvalue weighted by Crippen LogP contribution is 2.22. The van der Waals surface area contributed by atoms with Crippen LogP contribution in [-0.2, 0) is 28.6 Å². The summed E-state index contributed by atoms with van der Waals surface area (Å²) in [6.45, 7) is 13.3. The number of hydrogen-bond acceptors (Lipinski definition) is 8. The quantitative estimate of drug-likeness (QED) is 0.0339. The van der Waals surface area contributed by atoms with E-state index in [0.29, 0.717) is 58.1 Å². The van der Waals surface area contributed by atoms with Gasteiger partial charge in [0.05, 0.1) is 39.1 Å². The number of unbranched alkanes of at least 4 members (excludes halogenated alkanes) is 33. The minimum atomic E-state index is -0.126. The standard InChI is InChI=1S/C58H112N2O6/c1-4-7-10-13-16-19-22-25-28-31-34-37-52-64-56(61)43-49-59-46-40-55(41-47-59)42-48-60(50-44-57(62)65-53-38-35-32-29-26-23-20-17-14-11-8-5-2)51-45-58(63)66-54-39-36-33-30-27-24-21-18-15-12-9-6-3/h55H,4-54H2,1-3H3. The lowest BCUT2D eigenvalue weighted by Gasteiger charge is -2.33. The number of likely N-dealkylation sites (tertiary alicyclic amines) is 1. The van der Waals surface area contributed by atoms with Gasteiger partial charge in [0.1, 0.15) is 0 Å². The van der Waals surface area contributed by atoms with Gasteiger partial charge in [0, 0.05) is 19.6 Å². The number of hydrogen-bond donors (Lipinski definition) is 0. The first-order valence-electron chi connectivity index (χ1n) is 29.4. The Hall–Kier alpha value is -1.67. The number of piperidine rings is 1. The summed E-state index contributed by atoms with van der Waals surface area (Å²) in [7, 11) is 0. The summed E-state index contributed by atoms with van der Waals surface area (Å²) < 4.78 is 16.9. The summed E-state index contributed by atoms with van der Waals surface area (Å²) in [6.07, 6.45) is 51.1. The molecule has 66 heavy (non-hydrogen) atoms. The maximum atomic E-state index is 12.8. The predicted octanol–water partition coefficient (Wildman–Crippen LogP) is 16.3. The minimum Gasteiger partial charge on any atom is -0.466 e. The zero-order valence-electron chi connectivity index (χ0n) is 44.5. The van der Waals surface area contributed by atoms with Crippen LogP contribution in [0.4, 0.5) is 0 Å². The monoisotopic (exact) mass is 933 g/mol. The van der Waals surface area contributed by atoms with Crippen molar-refractivity contribution >= 4 is 17.9 Å². The van der Waals surface area contributed by atoms with E-state index in [1.54, 1.807) is 0 Å². The second kappa shape index (κ2) is 49.7. The summed E-state index contributed by atoms with van der Waals surface area (Å²) in [5.41, 5.74) is 0. The van der Waals surface area contributed by atoms with E-state index in [1.165, 1.54) is 193 Å². The van der Waals surface area contributed by atoms with Crippen LogP contribution in [0.15, 0.2) is 0 Å². The largest absolute Gasteiger partial charge is 0.466 e. The molecule has 390 valence electrons. The van der Waals surface area contributed by atoms with Gasteiger partial charge in [-0.05, 0) is 64.1 Å². The fraction of sp³-hybridized carbons (Fsp3) is 0.948. The van der Waals surface area contributed by atoms with Gasteiger partial charge < -0.3 is 24.0 Å². The van der Waals surface area contributed by atoms with E-state index in [4.69, 9.17) is 14.2 Å². The molecule has 0 saturated carbocycles. The van der Waals surface area contributed by atoms with Gasteiger partial charge in [0.15, 0.2) is 0 Å². The Morgan fingerprint density at radius 3 is 0.955 bits per heavy atom. The SMILES string of the molecule is CCCCCCCCCCCCCCOC(=O)CCN(CCC(=O)OCCCCCCCCCCCCCC)CCC1CCN(CCC(=O)OCCCCCCCCCCCCCC)CC1. The Morgan fingerprint density at radius 2 is 0.652 bits per heavy atom. The molecule has 0 radical (unpaired) electrons. The minimum absolute atomic E-state index is 0.0592. The molecule has 1 aliphatic heterocycles. The molecule has 8 nitrogen and oxygen atoms in total. The highest BCUT2D eigenvalue weighted by molar-refractivity contribution is 5.70. The summed E-state index contributed by atoms with van der Waals surface area (Å²) in [6, 6.07) is 0. The lowest BCUT2D eigenvalue weighted by atomic mass is 9.93. The van der Waals surface area contributed by atoms with Crippen molar-refractivity contribution in [3.8, 4) is 0 Å². The van der Waals surface area contributed by atoms with Crippen LogP contribution in [0.5, 0.6) is 0 Å². The molecule has 0 aromatic heterocycles. The number of ether oxygens (including phenoxy) is 3. The first-order valence-corrected chi connectivity index (χ1v) is 29.4. The predicted molar refractivity (Wildman–Crippen MR) is 280 cm³/mol. The van der Waals surface area contributed by atoms with Crippen molar-refractivity contribution in [1.82, 2.24) is 9.80 Å². The van der Waals surface area contributed by atoms with Crippen molar-refractivity contribution in [2.75, 3.05) is 59.1 Å². The molecule has 1 aliphatic rings. The highest BCUT2D eigenvalue weighted by atomic mass is 16.5. The molecule has 0 aromatic rings. The Morgan fingerprint density at radius 1 is 0.379 bits per heavy atom. The Labute approximate surface area is 410 Å². The molecule has 0 amide bonds. The molecule has 0 aliphatic carbocycles. The van der Waals surface area contributed by atoms with E-state index in [-0.39, 0.29) is 17.9 Å². The molecule has 0 N–H and O–H groups in total. The molecule has 0 spiro atoms. The fourth-order valence-corrected chi connectivity index (χ4v) is 9.55. The van der Waals surface area contributed by atoms with Gasteiger partial charge >= 0.3 is 17.9 Å². The van der Waals surface area contributed by atoms with E-state index < -0.39 is 0 Å². The van der Waals surface area contributed by atoms with Crippen LogP contribution in [0, 0.1) is 5.92 Å². The molecule has 0 atom stereocenters. The normalized spacial score (nSPS) is 13.5. The van der Waals surface area contributed by atoms with Crippen molar-refractivity contribution < 1.29 is 28.6 Å². The average molecular weight is 934 g/mol. The first-order chi connectivity index (χ1) is 32.5. The van der Waals surface area contributed by atoms with E-state index in [1.807, 2.05) is 0 Å². The van der Waals surface area contributed by atoms with Gasteiger partial charge in [0.2, 0.25) is 0 Å². The van der Waals surface area contributed by atoms with Gasteiger partial charge in [0.25, 0.3) is 0 Å². The number of rotatable bonds is 51. The topological polar surface area (TPSA) is 85.4 Å². The number of carbonyl (C=O) groups is 3. The van der Waals surface area contributed by atoms with E-state index >= 15 is 0 Å². The lowest BCUT2D eigenvalue weighted by Crippen LogP contribution is -2.37.